The number of hydrogen-bond donors (Lipinski definition) is 0. The van der Waals surface area contributed by atoms with E-state index in [2.05, 4.69) is 72.3 Å². The lowest BCUT2D eigenvalue weighted by Gasteiger charge is -2.41. The van der Waals surface area contributed by atoms with Gasteiger partial charge in [-0.1, -0.05) is 80.6 Å². The van der Waals surface area contributed by atoms with E-state index in [0.29, 0.717) is 11.1 Å². The van der Waals surface area contributed by atoms with Gasteiger partial charge in [0, 0.05) is 60.4 Å². The minimum absolute atomic E-state index is 0.276. The molecule has 0 fully saturated rings. The Morgan fingerprint density at radius 3 is 2.37 bits per heavy atom. The average Bonchev–Trinajstić information content (AvgIpc) is 3.43. The van der Waals surface area contributed by atoms with Crippen LogP contribution >= 0.6 is 11.3 Å². The van der Waals surface area contributed by atoms with Crippen LogP contribution in [-0.4, -0.2) is 9.97 Å². The highest BCUT2D eigenvalue weighted by molar-refractivity contribution is 7.26. The summed E-state index contributed by atoms with van der Waals surface area (Å²) < 4.78 is 18.9. The van der Waals surface area contributed by atoms with E-state index in [4.69, 9.17) is 4.98 Å². The summed E-state index contributed by atoms with van der Waals surface area (Å²) in [5, 5.41) is 2.55. The van der Waals surface area contributed by atoms with Gasteiger partial charge in [0.2, 0.25) is 0 Å². The van der Waals surface area contributed by atoms with Crippen LogP contribution in [0.4, 0.5) is 21.6 Å². The summed E-state index contributed by atoms with van der Waals surface area (Å²) >= 11 is 1.84. The molecule has 4 heterocycles. The van der Waals surface area contributed by atoms with Crippen molar-refractivity contribution in [2.24, 2.45) is 0 Å². The second-order valence-electron chi connectivity index (χ2n) is 11.6. The molecule has 0 saturated heterocycles. The second-order valence-corrected chi connectivity index (χ2v) is 12.6. The third-order valence-corrected chi connectivity index (χ3v) is 9.83. The number of hydrogen-bond acceptors (Lipinski definition) is 4. The number of benzene rings is 4. The standard InChI is InChI=1S/C38H28FN3S/c1-38(2)30-15-9-21-41-37(30)42(32-19-18-29-28-14-3-4-17-33(28)43-36(29)34(32)38)27-13-8-12-26(23-27)35(39)25-11-7-10-24(22-25)31-16-5-6-20-40-31/h3-23,35H,1-2H3. The van der Waals surface area contributed by atoms with Gasteiger partial charge in [-0.05, 0) is 59.7 Å². The Kier molecular flexibility index (Phi) is 5.92. The lowest BCUT2D eigenvalue weighted by Crippen LogP contribution is -2.31. The molecule has 5 heteroatoms. The van der Waals surface area contributed by atoms with Gasteiger partial charge in [0.25, 0.3) is 0 Å². The topological polar surface area (TPSA) is 29.0 Å². The molecule has 8 rings (SSSR count). The number of nitrogens with zero attached hydrogens (tertiary/aromatic N) is 3. The Labute approximate surface area is 253 Å². The van der Waals surface area contributed by atoms with Gasteiger partial charge < -0.3 is 0 Å². The Balaban J connectivity index is 1.28. The molecular weight excluding hydrogens is 550 g/mol. The van der Waals surface area contributed by atoms with Crippen LogP contribution in [0.5, 0.6) is 0 Å². The van der Waals surface area contributed by atoms with Crippen LogP contribution in [0.2, 0.25) is 0 Å². The number of rotatable bonds is 4. The molecule has 0 saturated carbocycles. The second kappa shape index (κ2) is 9.85. The summed E-state index contributed by atoms with van der Waals surface area (Å²) in [5.41, 5.74) is 7.05. The summed E-state index contributed by atoms with van der Waals surface area (Å²) in [4.78, 5) is 11.6. The van der Waals surface area contributed by atoms with Gasteiger partial charge in [0.1, 0.15) is 5.82 Å². The van der Waals surface area contributed by atoms with Crippen molar-refractivity contribution in [3.05, 3.63) is 150 Å². The van der Waals surface area contributed by atoms with E-state index in [1.165, 1.54) is 25.7 Å². The first-order valence-corrected chi connectivity index (χ1v) is 15.3. The summed E-state index contributed by atoms with van der Waals surface area (Å²) in [6, 6.07) is 38.5. The quantitative estimate of drug-likeness (QED) is 0.208. The van der Waals surface area contributed by atoms with Crippen molar-refractivity contribution in [1.29, 1.82) is 0 Å². The van der Waals surface area contributed by atoms with Crippen LogP contribution in [0.15, 0.2) is 128 Å². The highest BCUT2D eigenvalue weighted by Gasteiger charge is 2.39. The van der Waals surface area contributed by atoms with E-state index in [-0.39, 0.29) is 5.41 Å². The van der Waals surface area contributed by atoms with E-state index in [1.807, 2.05) is 84.3 Å². The number of alkyl halides is 1. The number of aromatic nitrogens is 2. The fourth-order valence-electron chi connectivity index (χ4n) is 6.55. The Bertz CT molecular complexity index is 2150. The van der Waals surface area contributed by atoms with Crippen molar-refractivity contribution in [3.8, 4) is 11.3 Å². The fraction of sp³-hybridized carbons (Fsp3) is 0.105. The van der Waals surface area contributed by atoms with Crippen LogP contribution < -0.4 is 4.90 Å². The zero-order chi connectivity index (χ0) is 29.1. The number of thiophene rings is 1. The van der Waals surface area contributed by atoms with Gasteiger partial charge in [0.05, 0.1) is 11.4 Å². The molecule has 1 aliphatic heterocycles. The number of pyridine rings is 2. The van der Waals surface area contributed by atoms with Crippen LogP contribution in [0.3, 0.4) is 0 Å². The monoisotopic (exact) mass is 577 g/mol. The molecule has 3 nitrogen and oxygen atoms in total. The molecule has 3 aromatic heterocycles. The highest BCUT2D eigenvalue weighted by atomic mass is 32.1. The Morgan fingerprint density at radius 2 is 1.51 bits per heavy atom. The zero-order valence-electron chi connectivity index (χ0n) is 23.8. The Morgan fingerprint density at radius 1 is 0.721 bits per heavy atom. The van der Waals surface area contributed by atoms with Gasteiger partial charge in [0.15, 0.2) is 6.17 Å². The van der Waals surface area contributed by atoms with Crippen molar-refractivity contribution in [2.75, 3.05) is 4.90 Å². The molecule has 7 aromatic rings. The van der Waals surface area contributed by atoms with E-state index >= 15 is 4.39 Å². The van der Waals surface area contributed by atoms with Crippen molar-refractivity contribution in [1.82, 2.24) is 9.97 Å². The maximum absolute atomic E-state index is 16.3. The minimum Gasteiger partial charge on any atom is -0.294 e. The molecule has 0 radical (unpaired) electrons. The first-order valence-electron chi connectivity index (χ1n) is 14.5. The smallest absolute Gasteiger partial charge is 0.150 e. The van der Waals surface area contributed by atoms with Gasteiger partial charge in [-0.15, -0.1) is 11.3 Å². The summed E-state index contributed by atoms with van der Waals surface area (Å²) in [7, 11) is 0. The van der Waals surface area contributed by atoms with Crippen LogP contribution in [-0.2, 0) is 5.41 Å². The van der Waals surface area contributed by atoms with E-state index in [0.717, 1.165) is 34.0 Å². The summed E-state index contributed by atoms with van der Waals surface area (Å²) in [6.07, 6.45) is 2.31. The Hall–Kier alpha value is -4.87. The molecule has 0 N–H and O–H groups in total. The van der Waals surface area contributed by atoms with Gasteiger partial charge in [-0.3, -0.25) is 9.88 Å². The molecule has 43 heavy (non-hydrogen) atoms. The number of anilines is 3. The first-order chi connectivity index (χ1) is 21.0. The molecule has 1 unspecified atom stereocenters. The molecule has 4 aromatic carbocycles. The molecule has 1 aliphatic rings. The normalized spacial score (nSPS) is 14.4. The third kappa shape index (κ3) is 4.07. The molecular formula is C38H28FN3S. The van der Waals surface area contributed by atoms with Crippen molar-refractivity contribution in [3.63, 3.8) is 0 Å². The maximum Gasteiger partial charge on any atom is 0.150 e. The summed E-state index contributed by atoms with van der Waals surface area (Å²) in [5.74, 6) is 0.880. The largest absolute Gasteiger partial charge is 0.294 e. The minimum atomic E-state index is -1.29. The van der Waals surface area contributed by atoms with E-state index in [1.54, 1.807) is 6.20 Å². The molecule has 0 spiro atoms. The predicted octanol–water partition coefficient (Wildman–Crippen LogP) is 10.7. The van der Waals surface area contributed by atoms with Gasteiger partial charge in [-0.25, -0.2) is 9.37 Å². The summed E-state index contributed by atoms with van der Waals surface area (Å²) in [6.45, 7) is 4.58. The van der Waals surface area contributed by atoms with Gasteiger partial charge >= 0.3 is 0 Å². The van der Waals surface area contributed by atoms with Crippen LogP contribution in [0.1, 0.15) is 42.3 Å². The molecule has 0 bridgehead atoms. The van der Waals surface area contributed by atoms with E-state index < -0.39 is 6.17 Å². The predicted molar refractivity (Wildman–Crippen MR) is 177 cm³/mol. The van der Waals surface area contributed by atoms with E-state index in [9.17, 15) is 0 Å². The number of fused-ring (bicyclic) bond motifs is 6. The third-order valence-electron chi connectivity index (χ3n) is 8.62. The van der Waals surface area contributed by atoms with Crippen molar-refractivity contribution >= 4 is 48.7 Å². The first kappa shape index (κ1) is 25.8. The average molecular weight is 578 g/mol. The molecule has 208 valence electrons. The van der Waals surface area contributed by atoms with Crippen LogP contribution in [0.25, 0.3) is 31.4 Å². The highest BCUT2D eigenvalue weighted by Crippen LogP contribution is 2.55. The number of halogens is 1. The lowest BCUT2D eigenvalue weighted by atomic mass is 9.74. The van der Waals surface area contributed by atoms with Crippen molar-refractivity contribution < 1.29 is 4.39 Å². The van der Waals surface area contributed by atoms with Crippen LogP contribution in [0, 0.1) is 0 Å². The molecule has 1 atom stereocenters. The van der Waals surface area contributed by atoms with Gasteiger partial charge in [-0.2, -0.15) is 0 Å². The zero-order valence-corrected chi connectivity index (χ0v) is 24.6. The fourth-order valence-corrected chi connectivity index (χ4v) is 7.95. The maximum atomic E-state index is 16.3. The molecule has 0 amide bonds. The lowest BCUT2D eigenvalue weighted by molar-refractivity contribution is 0.402. The SMILES string of the molecule is CC1(C)c2cccnc2N(c2cccc(C(F)c3cccc(-c4ccccn4)c3)c2)c2ccc3c(sc4ccccc43)c21. The molecule has 0 aliphatic carbocycles. The van der Waals surface area contributed by atoms with Crippen molar-refractivity contribution in [2.45, 2.75) is 25.4 Å².